The van der Waals surface area contributed by atoms with E-state index in [0.29, 0.717) is 11.3 Å². The molecule has 0 aliphatic carbocycles. The first-order valence-electron chi connectivity index (χ1n) is 8.60. The van der Waals surface area contributed by atoms with Gasteiger partial charge in [-0.3, -0.25) is 9.59 Å². The monoisotopic (exact) mass is 376 g/mol. The fraction of sp³-hybridized carbons (Fsp3) is 0.0909. The number of hydrogen-bond donors (Lipinski definition) is 2. The average molecular weight is 376 g/mol. The summed E-state index contributed by atoms with van der Waals surface area (Å²) in [6.45, 7) is 1.94. The summed E-state index contributed by atoms with van der Waals surface area (Å²) in [5, 5.41) is 7.71. The zero-order chi connectivity index (χ0) is 19.1. The first-order valence-corrected chi connectivity index (χ1v) is 9.48. The molecule has 2 aromatic carbocycles. The molecule has 2 N–H and O–H groups in total. The van der Waals surface area contributed by atoms with Crippen molar-refractivity contribution in [1.29, 1.82) is 0 Å². The van der Waals surface area contributed by atoms with Crippen molar-refractivity contribution in [2.75, 3.05) is 5.32 Å². The number of thiophene rings is 1. The van der Waals surface area contributed by atoms with Crippen molar-refractivity contribution in [2.45, 2.75) is 13.0 Å². The van der Waals surface area contributed by atoms with Gasteiger partial charge < -0.3 is 10.6 Å². The van der Waals surface area contributed by atoms with Crippen molar-refractivity contribution < 1.29 is 9.59 Å². The lowest BCUT2D eigenvalue weighted by atomic mass is 10.1. The van der Waals surface area contributed by atoms with Crippen molar-refractivity contribution in [3.05, 3.63) is 94.2 Å². The van der Waals surface area contributed by atoms with Crippen LogP contribution in [0.3, 0.4) is 0 Å². The number of amides is 2. The van der Waals surface area contributed by atoms with Crippen LogP contribution in [-0.4, -0.2) is 11.8 Å². The molecule has 0 fully saturated rings. The van der Waals surface area contributed by atoms with E-state index >= 15 is 0 Å². The SMILES string of the molecule is CC(NC(=O)c1cccc(NC(=O)/C=C/c2cccs2)c1)c1ccccc1. The van der Waals surface area contributed by atoms with E-state index in [-0.39, 0.29) is 17.9 Å². The smallest absolute Gasteiger partial charge is 0.251 e. The minimum Gasteiger partial charge on any atom is -0.346 e. The molecule has 3 aromatic rings. The van der Waals surface area contributed by atoms with Crippen LogP contribution in [0.1, 0.15) is 33.8 Å². The highest BCUT2D eigenvalue weighted by Crippen LogP contribution is 2.15. The van der Waals surface area contributed by atoms with Gasteiger partial charge in [-0.1, -0.05) is 42.5 Å². The Hall–Kier alpha value is -3.18. The van der Waals surface area contributed by atoms with E-state index in [1.54, 1.807) is 41.7 Å². The molecule has 3 rings (SSSR count). The number of rotatable bonds is 6. The summed E-state index contributed by atoms with van der Waals surface area (Å²) in [4.78, 5) is 25.6. The molecular formula is C22H20N2O2S. The van der Waals surface area contributed by atoms with E-state index in [9.17, 15) is 9.59 Å². The second-order valence-electron chi connectivity index (χ2n) is 6.02. The Morgan fingerprint density at radius 2 is 1.81 bits per heavy atom. The van der Waals surface area contributed by atoms with Crippen LogP contribution >= 0.6 is 11.3 Å². The van der Waals surface area contributed by atoms with Crippen LogP contribution in [0, 0.1) is 0 Å². The lowest BCUT2D eigenvalue weighted by Crippen LogP contribution is -2.26. The molecule has 0 bridgehead atoms. The molecule has 1 unspecified atom stereocenters. The third-order valence-corrected chi connectivity index (χ3v) is 4.82. The molecule has 0 saturated carbocycles. The van der Waals surface area contributed by atoms with E-state index in [4.69, 9.17) is 0 Å². The molecular weight excluding hydrogens is 356 g/mol. The molecule has 0 spiro atoms. The van der Waals surface area contributed by atoms with Crippen LogP contribution in [0.5, 0.6) is 0 Å². The molecule has 1 heterocycles. The van der Waals surface area contributed by atoms with E-state index < -0.39 is 0 Å². The summed E-state index contributed by atoms with van der Waals surface area (Å²) in [7, 11) is 0. The maximum absolute atomic E-state index is 12.5. The molecule has 5 heteroatoms. The van der Waals surface area contributed by atoms with Crippen molar-refractivity contribution in [3.8, 4) is 0 Å². The second kappa shape index (κ2) is 8.96. The van der Waals surface area contributed by atoms with Gasteiger partial charge in [0.2, 0.25) is 5.91 Å². The van der Waals surface area contributed by atoms with Gasteiger partial charge in [0.15, 0.2) is 0 Å². The Kier molecular flexibility index (Phi) is 6.18. The number of benzene rings is 2. The van der Waals surface area contributed by atoms with Crippen LogP contribution in [0.4, 0.5) is 5.69 Å². The van der Waals surface area contributed by atoms with Crippen molar-refractivity contribution in [3.63, 3.8) is 0 Å². The van der Waals surface area contributed by atoms with Crippen LogP contribution < -0.4 is 10.6 Å². The average Bonchev–Trinajstić information content (AvgIpc) is 3.21. The number of anilines is 1. The van der Waals surface area contributed by atoms with E-state index in [2.05, 4.69) is 10.6 Å². The molecule has 27 heavy (non-hydrogen) atoms. The molecule has 1 aromatic heterocycles. The largest absolute Gasteiger partial charge is 0.346 e. The maximum atomic E-state index is 12.5. The van der Waals surface area contributed by atoms with E-state index in [0.717, 1.165) is 10.4 Å². The van der Waals surface area contributed by atoms with Gasteiger partial charge in [-0.05, 0) is 48.2 Å². The second-order valence-corrected chi connectivity index (χ2v) is 7.00. The van der Waals surface area contributed by atoms with Crippen molar-refractivity contribution in [2.24, 2.45) is 0 Å². The standard InChI is InChI=1S/C22H20N2O2S/c1-16(17-7-3-2-4-8-17)23-22(26)18-9-5-10-19(15-18)24-21(25)13-12-20-11-6-14-27-20/h2-16H,1H3,(H,23,26)(H,24,25)/b13-12+. The Morgan fingerprint density at radius 1 is 1.00 bits per heavy atom. The maximum Gasteiger partial charge on any atom is 0.251 e. The molecule has 136 valence electrons. The normalized spacial score (nSPS) is 11.9. The zero-order valence-corrected chi connectivity index (χ0v) is 15.7. The zero-order valence-electron chi connectivity index (χ0n) is 14.9. The summed E-state index contributed by atoms with van der Waals surface area (Å²) < 4.78 is 0. The topological polar surface area (TPSA) is 58.2 Å². The highest BCUT2D eigenvalue weighted by atomic mass is 32.1. The quantitative estimate of drug-likeness (QED) is 0.602. The molecule has 0 saturated heterocycles. The molecule has 1 atom stereocenters. The van der Waals surface area contributed by atoms with Gasteiger partial charge in [0.25, 0.3) is 5.91 Å². The van der Waals surface area contributed by atoms with Gasteiger partial charge in [0.1, 0.15) is 0 Å². The Labute approximate surface area is 162 Å². The first-order chi connectivity index (χ1) is 13.1. The summed E-state index contributed by atoms with van der Waals surface area (Å²) in [6.07, 6.45) is 3.24. The van der Waals surface area contributed by atoms with Gasteiger partial charge in [-0.25, -0.2) is 0 Å². The Balaban J connectivity index is 1.62. The molecule has 0 aliphatic rings. The third kappa shape index (κ3) is 5.39. The molecule has 4 nitrogen and oxygen atoms in total. The summed E-state index contributed by atoms with van der Waals surface area (Å²) in [5.41, 5.74) is 2.11. The number of hydrogen-bond acceptors (Lipinski definition) is 3. The predicted molar refractivity (Wildman–Crippen MR) is 111 cm³/mol. The Morgan fingerprint density at radius 3 is 2.56 bits per heavy atom. The minimum atomic E-state index is -0.237. The minimum absolute atomic E-state index is 0.106. The number of nitrogens with one attached hydrogen (secondary N) is 2. The summed E-state index contributed by atoms with van der Waals surface area (Å²) >= 11 is 1.56. The summed E-state index contributed by atoms with van der Waals surface area (Å²) in [5.74, 6) is -0.421. The molecule has 0 aliphatic heterocycles. The highest BCUT2D eigenvalue weighted by Gasteiger charge is 2.12. The molecule has 2 amide bonds. The van der Waals surface area contributed by atoms with Crippen molar-refractivity contribution >= 4 is 34.9 Å². The van der Waals surface area contributed by atoms with E-state index in [1.807, 2.05) is 54.8 Å². The molecule has 0 radical (unpaired) electrons. The van der Waals surface area contributed by atoms with Gasteiger partial charge in [0.05, 0.1) is 6.04 Å². The number of carbonyl (C=O) groups excluding carboxylic acids is 2. The highest BCUT2D eigenvalue weighted by molar-refractivity contribution is 7.10. The predicted octanol–water partition coefficient (Wildman–Crippen LogP) is 4.89. The van der Waals surface area contributed by atoms with Crippen LogP contribution in [0.2, 0.25) is 0 Å². The fourth-order valence-electron chi connectivity index (χ4n) is 2.57. The lowest BCUT2D eigenvalue weighted by molar-refractivity contribution is -0.111. The van der Waals surface area contributed by atoms with Gasteiger partial charge in [0, 0.05) is 22.2 Å². The first kappa shape index (κ1) is 18.6. The lowest BCUT2D eigenvalue weighted by Gasteiger charge is -2.14. The van der Waals surface area contributed by atoms with Crippen LogP contribution in [0.15, 0.2) is 78.2 Å². The van der Waals surface area contributed by atoms with Gasteiger partial charge in [-0.15, -0.1) is 11.3 Å². The number of carbonyl (C=O) groups is 2. The van der Waals surface area contributed by atoms with Gasteiger partial charge >= 0.3 is 0 Å². The van der Waals surface area contributed by atoms with Crippen molar-refractivity contribution in [1.82, 2.24) is 5.32 Å². The van der Waals surface area contributed by atoms with E-state index in [1.165, 1.54) is 6.08 Å². The van der Waals surface area contributed by atoms with Crippen LogP contribution in [0.25, 0.3) is 6.08 Å². The third-order valence-electron chi connectivity index (χ3n) is 3.98. The summed E-state index contributed by atoms with van der Waals surface area (Å²) in [6, 6.07) is 20.4. The van der Waals surface area contributed by atoms with Crippen LogP contribution in [-0.2, 0) is 4.79 Å². The fourth-order valence-corrected chi connectivity index (χ4v) is 3.19. The Bertz CT molecular complexity index is 934. The van der Waals surface area contributed by atoms with Gasteiger partial charge in [-0.2, -0.15) is 0 Å².